The maximum atomic E-state index is 14.0. The van der Waals surface area contributed by atoms with Gasteiger partial charge >= 0.3 is 0 Å². The predicted octanol–water partition coefficient (Wildman–Crippen LogP) is 4.41. The molecule has 2 nitrogen and oxygen atoms in total. The van der Waals surface area contributed by atoms with Crippen molar-refractivity contribution in [2.24, 2.45) is 0 Å². The number of carbonyl (C=O) groups is 1. The molecule has 0 aromatic heterocycles. The lowest BCUT2D eigenvalue weighted by Crippen LogP contribution is -2.32. The van der Waals surface area contributed by atoms with Crippen molar-refractivity contribution in [3.05, 3.63) is 65.7 Å². The van der Waals surface area contributed by atoms with Crippen molar-refractivity contribution in [3.8, 4) is 0 Å². The van der Waals surface area contributed by atoms with Gasteiger partial charge in [0.15, 0.2) is 0 Å². The van der Waals surface area contributed by atoms with Gasteiger partial charge < -0.3 is 4.90 Å². The Morgan fingerprint density at radius 3 is 2.43 bits per heavy atom. The zero-order valence-electron chi connectivity index (χ0n) is 11.9. The highest BCUT2D eigenvalue weighted by Crippen LogP contribution is 2.22. The van der Waals surface area contributed by atoms with Crippen LogP contribution in [0.3, 0.4) is 0 Å². The van der Waals surface area contributed by atoms with E-state index in [9.17, 15) is 13.6 Å². The maximum absolute atomic E-state index is 14.0. The summed E-state index contributed by atoms with van der Waals surface area (Å²) in [5.74, 6) is -1.66. The summed E-state index contributed by atoms with van der Waals surface area (Å²) in [5.41, 5.74) is 0.594. The minimum absolute atomic E-state index is 0.110. The average Bonchev–Trinajstić information content (AvgIpc) is 2.50. The van der Waals surface area contributed by atoms with Crippen LogP contribution in [0.4, 0.5) is 14.5 Å². The summed E-state index contributed by atoms with van der Waals surface area (Å²) < 4.78 is 27.0. The van der Waals surface area contributed by atoms with Gasteiger partial charge in [0.1, 0.15) is 11.6 Å². The summed E-state index contributed by atoms with van der Waals surface area (Å²) in [4.78, 5) is 13.9. The fraction of sp³-hybridized carbons (Fsp3) is 0.235. The highest BCUT2D eigenvalue weighted by molar-refractivity contribution is 6.06. The first-order chi connectivity index (χ1) is 10.1. The van der Waals surface area contributed by atoms with Crippen LogP contribution >= 0.6 is 0 Å². The first kappa shape index (κ1) is 15.2. The number of carbonyl (C=O) groups excluding carboxylic acids is 1. The van der Waals surface area contributed by atoms with E-state index in [2.05, 4.69) is 0 Å². The van der Waals surface area contributed by atoms with Gasteiger partial charge in [-0.25, -0.2) is 8.78 Å². The van der Waals surface area contributed by atoms with Gasteiger partial charge in [-0.3, -0.25) is 4.79 Å². The molecular weight excluding hydrogens is 272 g/mol. The van der Waals surface area contributed by atoms with E-state index in [0.29, 0.717) is 12.1 Å². The highest BCUT2D eigenvalue weighted by atomic mass is 19.1. The molecule has 1 amide bonds. The molecule has 0 bridgehead atoms. The number of rotatable bonds is 5. The third kappa shape index (κ3) is 3.66. The molecule has 0 heterocycles. The second-order valence-corrected chi connectivity index (χ2v) is 4.77. The third-order valence-electron chi connectivity index (χ3n) is 3.20. The molecule has 0 fully saturated rings. The first-order valence-corrected chi connectivity index (χ1v) is 6.95. The van der Waals surface area contributed by atoms with Gasteiger partial charge in [0.25, 0.3) is 5.91 Å². The molecule has 0 N–H and O–H groups in total. The van der Waals surface area contributed by atoms with Crippen molar-refractivity contribution in [1.82, 2.24) is 0 Å². The smallest absolute Gasteiger partial charge is 0.258 e. The van der Waals surface area contributed by atoms with Crippen LogP contribution in [0.25, 0.3) is 0 Å². The van der Waals surface area contributed by atoms with E-state index >= 15 is 0 Å². The van der Waals surface area contributed by atoms with Gasteiger partial charge in [-0.15, -0.1) is 0 Å². The molecule has 0 unspecified atom stereocenters. The standard InChI is InChI=1S/C17H17F2NO/c1-2-3-11-20(16-10-9-14(18)12-15(16)19)17(21)13-7-5-4-6-8-13/h4-10,12H,2-3,11H2,1H3. The van der Waals surface area contributed by atoms with Gasteiger partial charge in [0.2, 0.25) is 0 Å². The quantitative estimate of drug-likeness (QED) is 0.798. The molecule has 21 heavy (non-hydrogen) atoms. The molecule has 0 aliphatic heterocycles. The normalized spacial score (nSPS) is 10.4. The Bertz CT molecular complexity index is 613. The Balaban J connectivity index is 2.36. The number of amides is 1. The highest BCUT2D eigenvalue weighted by Gasteiger charge is 2.20. The molecule has 0 saturated carbocycles. The van der Waals surface area contributed by atoms with Crippen LogP contribution in [-0.4, -0.2) is 12.5 Å². The molecule has 0 radical (unpaired) electrons. The monoisotopic (exact) mass is 289 g/mol. The van der Waals surface area contributed by atoms with Crippen molar-refractivity contribution in [3.63, 3.8) is 0 Å². The fourth-order valence-corrected chi connectivity index (χ4v) is 2.08. The molecule has 0 saturated heterocycles. The number of hydrogen-bond acceptors (Lipinski definition) is 1. The lowest BCUT2D eigenvalue weighted by Gasteiger charge is -2.23. The number of halogens is 2. The second kappa shape index (κ2) is 6.97. The molecule has 0 atom stereocenters. The number of anilines is 1. The lowest BCUT2D eigenvalue weighted by molar-refractivity contribution is 0.0985. The molecule has 4 heteroatoms. The topological polar surface area (TPSA) is 20.3 Å². The Morgan fingerprint density at radius 2 is 1.81 bits per heavy atom. The Labute approximate surface area is 123 Å². The maximum Gasteiger partial charge on any atom is 0.258 e. The Morgan fingerprint density at radius 1 is 1.10 bits per heavy atom. The summed E-state index contributed by atoms with van der Waals surface area (Å²) in [6.45, 7) is 2.39. The molecule has 2 rings (SSSR count). The van der Waals surface area contributed by atoms with Crippen LogP contribution < -0.4 is 4.90 Å². The molecule has 110 valence electrons. The zero-order valence-corrected chi connectivity index (χ0v) is 11.9. The van der Waals surface area contributed by atoms with Crippen LogP contribution in [0.5, 0.6) is 0 Å². The first-order valence-electron chi connectivity index (χ1n) is 6.95. The van der Waals surface area contributed by atoms with Crippen LogP contribution in [-0.2, 0) is 0 Å². The third-order valence-corrected chi connectivity index (χ3v) is 3.20. The summed E-state index contributed by atoms with van der Waals surface area (Å²) in [6.07, 6.45) is 1.62. The SMILES string of the molecule is CCCCN(C(=O)c1ccccc1)c1ccc(F)cc1F. The van der Waals surface area contributed by atoms with Gasteiger partial charge in [-0.1, -0.05) is 31.5 Å². The fourth-order valence-electron chi connectivity index (χ4n) is 2.08. The summed E-state index contributed by atoms with van der Waals surface area (Å²) in [6, 6.07) is 12.0. The van der Waals surface area contributed by atoms with Crippen molar-refractivity contribution >= 4 is 11.6 Å². The van der Waals surface area contributed by atoms with E-state index in [-0.39, 0.29) is 11.6 Å². The number of benzene rings is 2. The van der Waals surface area contributed by atoms with Crippen molar-refractivity contribution < 1.29 is 13.6 Å². The van der Waals surface area contributed by atoms with Crippen LogP contribution in [0, 0.1) is 11.6 Å². The molecular formula is C17H17F2NO. The summed E-state index contributed by atoms with van der Waals surface area (Å²) in [5, 5.41) is 0. The van der Waals surface area contributed by atoms with E-state index in [4.69, 9.17) is 0 Å². The number of nitrogens with zero attached hydrogens (tertiary/aromatic N) is 1. The van der Waals surface area contributed by atoms with E-state index < -0.39 is 11.6 Å². The molecule has 0 aliphatic carbocycles. The van der Waals surface area contributed by atoms with Crippen molar-refractivity contribution in [1.29, 1.82) is 0 Å². The lowest BCUT2D eigenvalue weighted by atomic mass is 10.1. The van der Waals surface area contributed by atoms with Gasteiger partial charge in [-0.2, -0.15) is 0 Å². The average molecular weight is 289 g/mol. The molecule has 0 aliphatic rings. The number of unbranched alkanes of at least 4 members (excludes halogenated alkanes) is 1. The minimum atomic E-state index is -0.726. The van der Waals surface area contributed by atoms with E-state index in [1.54, 1.807) is 24.3 Å². The van der Waals surface area contributed by atoms with Crippen molar-refractivity contribution in [2.45, 2.75) is 19.8 Å². The molecule has 2 aromatic carbocycles. The van der Waals surface area contributed by atoms with Crippen molar-refractivity contribution in [2.75, 3.05) is 11.4 Å². The summed E-state index contributed by atoms with van der Waals surface area (Å²) >= 11 is 0. The van der Waals surface area contributed by atoms with E-state index in [1.165, 1.54) is 11.0 Å². The Hall–Kier alpha value is -2.23. The van der Waals surface area contributed by atoms with Crippen LogP contribution in [0.2, 0.25) is 0 Å². The number of hydrogen-bond donors (Lipinski definition) is 0. The van der Waals surface area contributed by atoms with E-state index in [1.807, 2.05) is 13.0 Å². The zero-order chi connectivity index (χ0) is 15.2. The van der Waals surface area contributed by atoms with Gasteiger partial charge in [0, 0.05) is 18.2 Å². The Kier molecular flexibility index (Phi) is 5.04. The van der Waals surface area contributed by atoms with E-state index in [0.717, 1.165) is 25.0 Å². The summed E-state index contributed by atoms with van der Waals surface area (Å²) in [7, 11) is 0. The van der Waals surface area contributed by atoms with Crippen LogP contribution in [0.1, 0.15) is 30.1 Å². The minimum Gasteiger partial charge on any atom is -0.306 e. The molecule has 2 aromatic rings. The second-order valence-electron chi connectivity index (χ2n) is 4.77. The molecule has 0 spiro atoms. The van der Waals surface area contributed by atoms with Gasteiger partial charge in [0.05, 0.1) is 5.69 Å². The predicted molar refractivity (Wildman–Crippen MR) is 79.4 cm³/mol. The largest absolute Gasteiger partial charge is 0.306 e. The van der Waals surface area contributed by atoms with Gasteiger partial charge in [-0.05, 0) is 30.7 Å². The van der Waals surface area contributed by atoms with Crippen LogP contribution in [0.15, 0.2) is 48.5 Å².